The summed E-state index contributed by atoms with van der Waals surface area (Å²) in [5.41, 5.74) is 1.81. The van der Waals surface area contributed by atoms with E-state index in [9.17, 15) is 9.59 Å². The van der Waals surface area contributed by atoms with E-state index in [0.717, 1.165) is 51.4 Å². The van der Waals surface area contributed by atoms with Gasteiger partial charge in [-0.15, -0.1) is 0 Å². The molecule has 0 bridgehead atoms. The third-order valence-corrected chi connectivity index (χ3v) is 4.84. The molecule has 0 atom stereocenters. The standard InChI is InChI=1S/C20H29N3O2/c1-20(2,3)15-21-10-12-22(13-11-21)19(25)16-6-4-7-17(14-16)23-9-5-8-18(23)24/h4,6-7,14H,5,8-13,15H2,1-3H3. The first-order chi connectivity index (χ1) is 11.8. The predicted molar refractivity (Wildman–Crippen MR) is 99.8 cm³/mol. The molecule has 3 rings (SSSR count). The summed E-state index contributed by atoms with van der Waals surface area (Å²) in [6.45, 7) is 11.9. The van der Waals surface area contributed by atoms with Crippen molar-refractivity contribution >= 4 is 17.5 Å². The molecule has 0 N–H and O–H groups in total. The van der Waals surface area contributed by atoms with Gasteiger partial charge in [0.2, 0.25) is 5.91 Å². The number of hydrogen-bond acceptors (Lipinski definition) is 3. The molecule has 1 aromatic carbocycles. The second-order valence-corrected chi connectivity index (χ2v) is 8.33. The molecule has 0 unspecified atom stereocenters. The monoisotopic (exact) mass is 343 g/mol. The molecule has 5 heteroatoms. The van der Waals surface area contributed by atoms with Crippen LogP contribution in [0.3, 0.4) is 0 Å². The zero-order valence-electron chi connectivity index (χ0n) is 15.6. The van der Waals surface area contributed by atoms with Crippen LogP contribution >= 0.6 is 0 Å². The van der Waals surface area contributed by atoms with E-state index >= 15 is 0 Å². The van der Waals surface area contributed by atoms with E-state index in [0.29, 0.717) is 12.0 Å². The van der Waals surface area contributed by atoms with Crippen LogP contribution in [-0.4, -0.2) is 60.9 Å². The maximum absolute atomic E-state index is 12.8. The Kier molecular flexibility index (Phi) is 5.13. The number of carbonyl (C=O) groups is 2. The summed E-state index contributed by atoms with van der Waals surface area (Å²) >= 11 is 0. The van der Waals surface area contributed by atoms with Crippen LogP contribution in [0.4, 0.5) is 5.69 Å². The average molecular weight is 343 g/mol. The highest BCUT2D eigenvalue weighted by atomic mass is 16.2. The van der Waals surface area contributed by atoms with E-state index in [1.54, 1.807) is 4.90 Å². The Hall–Kier alpha value is -1.88. The molecular weight excluding hydrogens is 314 g/mol. The molecule has 0 aliphatic carbocycles. The Bertz CT molecular complexity index is 643. The molecule has 2 fully saturated rings. The number of carbonyl (C=O) groups excluding carboxylic acids is 2. The first kappa shape index (κ1) is 17.9. The summed E-state index contributed by atoms with van der Waals surface area (Å²) in [6, 6.07) is 7.52. The average Bonchev–Trinajstić information content (AvgIpc) is 3.00. The van der Waals surface area contributed by atoms with Gasteiger partial charge in [0.15, 0.2) is 0 Å². The minimum atomic E-state index is 0.0731. The van der Waals surface area contributed by atoms with Gasteiger partial charge in [-0.25, -0.2) is 0 Å². The molecule has 0 spiro atoms. The molecule has 0 aromatic heterocycles. The minimum absolute atomic E-state index is 0.0731. The van der Waals surface area contributed by atoms with Crippen LogP contribution in [0.5, 0.6) is 0 Å². The lowest BCUT2D eigenvalue weighted by atomic mass is 9.96. The molecule has 136 valence electrons. The van der Waals surface area contributed by atoms with Gasteiger partial charge in [-0.1, -0.05) is 26.8 Å². The molecule has 2 aliphatic heterocycles. The molecule has 5 nitrogen and oxygen atoms in total. The van der Waals surface area contributed by atoms with Crippen molar-refractivity contribution in [3.8, 4) is 0 Å². The van der Waals surface area contributed by atoms with Crippen molar-refractivity contribution in [1.82, 2.24) is 9.80 Å². The molecular formula is C20H29N3O2. The van der Waals surface area contributed by atoms with Crippen LogP contribution in [-0.2, 0) is 4.79 Å². The number of anilines is 1. The summed E-state index contributed by atoms with van der Waals surface area (Å²) < 4.78 is 0. The fourth-order valence-corrected chi connectivity index (χ4v) is 3.69. The van der Waals surface area contributed by atoms with Gasteiger partial charge >= 0.3 is 0 Å². The quantitative estimate of drug-likeness (QED) is 0.847. The number of hydrogen-bond donors (Lipinski definition) is 0. The number of piperazine rings is 1. The Morgan fingerprint density at radius 1 is 1.08 bits per heavy atom. The lowest BCUT2D eigenvalue weighted by Crippen LogP contribution is -2.50. The van der Waals surface area contributed by atoms with Crippen molar-refractivity contribution in [3.05, 3.63) is 29.8 Å². The topological polar surface area (TPSA) is 43.9 Å². The van der Waals surface area contributed by atoms with Gasteiger partial charge in [0.1, 0.15) is 0 Å². The van der Waals surface area contributed by atoms with Gasteiger partial charge in [-0.05, 0) is 30.0 Å². The van der Waals surface area contributed by atoms with Crippen molar-refractivity contribution in [2.45, 2.75) is 33.6 Å². The zero-order valence-corrected chi connectivity index (χ0v) is 15.6. The first-order valence-electron chi connectivity index (χ1n) is 9.25. The highest BCUT2D eigenvalue weighted by Crippen LogP contribution is 2.23. The lowest BCUT2D eigenvalue weighted by Gasteiger charge is -2.37. The lowest BCUT2D eigenvalue weighted by molar-refractivity contribution is -0.117. The van der Waals surface area contributed by atoms with Gasteiger partial charge in [0, 0.05) is 56.9 Å². The Morgan fingerprint density at radius 2 is 1.80 bits per heavy atom. The molecule has 2 aliphatic rings. The third-order valence-electron chi connectivity index (χ3n) is 4.84. The van der Waals surface area contributed by atoms with E-state index < -0.39 is 0 Å². The first-order valence-corrected chi connectivity index (χ1v) is 9.25. The van der Waals surface area contributed by atoms with Crippen molar-refractivity contribution in [2.24, 2.45) is 5.41 Å². The van der Waals surface area contributed by atoms with E-state index in [-0.39, 0.29) is 17.2 Å². The fraction of sp³-hybridized carbons (Fsp3) is 0.600. The molecule has 0 saturated carbocycles. The van der Waals surface area contributed by atoms with Crippen LogP contribution in [0.2, 0.25) is 0 Å². The van der Waals surface area contributed by atoms with Crippen molar-refractivity contribution in [2.75, 3.05) is 44.2 Å². The number of nitrogens with zero attached hydrogens (tertiary/aromatic N) is 3. The van der Waals surface area contributed by atoms with Crippen LogP contribution in [0.25, 0.3) is 0 Å². The van der Waals surface area contributed by atoms with E-state index in [2.05, 4.69) is 25.7 Å². The second-order valence-electron chi connectivity index (χ2n) is 8.33. The smallest absolute Gasteiger partial charge is 0.254 e. The van der Waals surface area contributed by atoms with Crippen LogP contribution in [0.15, 0.2) is 24.3 Å². The van der Waals surface area contributed by atoms with Crippen LogP contribution in [0, 0.1) is 5.41 Å². The van der Waals surface area contributed by atoms with Crippen molar-refractivity contribution < 1.29 is 9.59 Å². The third kappa shape index (κ3) is 4.40. The normalized spacial score (nSPS) is 19.6. The highest BCUT2D eigenvalue weighted by molar-refractivity contribution is 5.99. The maximum atomic E-state index is 12.8. The largest absolute Gasteiger partial charge is 0.336 e. The number of amides is 2. The van der Waals surface area contributed by atoms with Crippen molar-refractivity contribution in [1.29, 1.82) is 0 Å². The van der Waals surface area contributed by atoms with Gasteiger partial charge in [0.25, 0.3) is 5.91 Å². The number of rotatable bonds is 3. The van der Waals surface area contributed by atoms with Crippen LogP contribution in [0.1, 0.15) is 44.0 Å². The highest BCUT2D eigenvalue weighted by Gasteiger charge is 2.26. The molecule has 1 aromatic rings. The summed E-state index contributed by atoms with van der Waals surface area (Å²) in [4.78, 5) is 30.9. The molecule has 2 saturated heterocycles. The Balaban J connectivity index is 1.63. The Morgan fingerprint density at radius 3 is 2.40 bits per heavy atom. The van der Waals surface area contributed by atoms with Gasteiger partial charge < -0.3 is 9.80 Å². The minimum Gasteiger partial charge on any atom is -0.336 e. The molecule has 2 amide bonds. The molecule has 2 heterocycles. The predicted octanol–water partition coefficient (Wildman–Crippen LogP) is 2.62. The van der Waals surface area contributed by atoms with Crippen molar-refractivity contribution in [3.63, 3.8) is 0 Å². The SMILES string of the molecule is CC(C)(C)CN1CCN(C(=O)c2cccc(N3CCCC3=O)c2)CC1. The number of benzene rings is 1. The van der Waals surface area contributed by atoms with Gasteiger partial charge in [-0.3, -0.25) is 14.5 Å². The van der Waals surface area contributed by atoms with E-state index in [4.69, 9.17) is 0 Å². The Labute approximate surface area is 150 Å². The van der Waals surface area contributed by atoms with Crippen LogP contribution < -0.4 is 4.90 Å². The second kappa shape index (κ2) is 7.16. The summed E-state index contributed by atoms with van der Waals surface area (Å²) in [6.07, 6.45) is 1.50. The van der Waals surface area contributed by atoms with Gasteiger partial charge in [0.05, 0.1) is 0 Å². The molecule has 0 radical (unpaired) electrons. The summed E-state index contributed by atoms with van der Waals surface area (Å²) in [5.74, 6) is 0.226. The van der Waals surface area contributed by atoms with E-state index in [1.165, 1.54) is 0 Å². The fourth-order valence-electron chi connectivity index (χ4n) is 3.69. The van der Waals surface area contributed by atoms with E-state index in [1.807, 2.05) is 29.2 Å². The summed E-state index contributed by atoms with van der Waals surface area (Å²) in [5, 5.41) is 0. The summed E-state index contributed by atoms with van der Waals surface area (Å²) in [7, 11) is 0. The van der Waals surface area contributed by atoms with Gasteiger partial charge in [-0.2, -0.15) is 0 Å². The maximum Gasteiger partial charge on any atom is 0.254 e. The molecule has 25 heavy (non-hydrogen) atoms. The zero-order chi connectivity index (χ0) is 18.0.